The van der Waals surface area contributed by atoms with Crippen LogP contribution in [0.3, 0.4) is 0 Å². The number of rotatable bonds is 6. The lowest BCUT2D eigenvalue weighted by molar-refractivity contribution is 0.0931. The summed E-state index contributed by atoms with van der Waals surface area (Å²) in [6.07, 6.45) is 1.04. The third-order valence-corrected chi connectivity index (χ3v) is 6.13. The second-order valence-corrected chi connectivity index (χ2v) is 8.40. The number of amides is 2. The van der Waals surface area contributed by atoms with Gasteiger partial charge in [-0.05, 0) is 61.2 Å². The number of carbonyl (C=O) groups excluding carboxylic acids is 2. The molecule has 2 N–H and O–H groups in total. The molecule has 1 aliphatic rings. The summed E-state index contributed by atoms with van der Waals surface area (Å²) >= 11 is 0. The topological polar surface area (TPSA) is 61.4 Å². The van der Waals surface area contributed by atoms with Crippen LogP contribution in [0.25, 0.3) is 0 Å². The van der Waals surface area contributed by atoms with Crippen LogP contribution >= 0.6 is 0 Å². The average Bonchev–Trinajstić information content (AvgIpc) is 2.83. The molecule has 0 fully saturated rings. The standard InChI is InChI=1S/C27H29N3O2/c1-19-12-13-23(16-25(19)29-27(32)22-9-4-3-5-10-22)26(31)28-17-20(2)30-15-14-21-8-6-7-11-24(21)18-30/h3-13,16,20H,14-15,17-18H2,1-2H3,(H,28,31)(H,29,32)/t20-/m1/s1. The van der Waals surface area contributed by atoms with E-state index >= 15 is 0 Å². The Hall–Kier alpha value is -3.44. The first-order valence-corrected chi connectivity index (χ1v) is 11.1. The molecule has 0 aromatic heterocycles. The van der Waals surface area contributed by atoms with Gasteiger partial charge in [0.25, 0.3) is 11.8 Å². The molecule has 0 saturated heterocycles. The van der Waals surface area contributed by atoms with Crippen molar-refractivity contribution < 1.29 is 9.59 Å². The molecule has 0 radical (unpaired) electrons. The third kappa shape index (κ3) is 5.06. The predicted octanol–water partition coefficient (Wildman–Crippen LogP) is 4.42. The maximum atomic E-state index is 12.8. The highest BCUT2D eigenvalue weighted by Crippen LogP contribution is 2.21. The monoisotopic (exact) mass is 427 g/mol. The molecule has 3 aromatic carbocycles. The van der Waals surface area contributed by atoms with E-state index < -0.39 is 0 Å². The molecule has 2 amide bonds. The van der Waals surface area contributed by atoms with Crippen LogP contribution in [-0.2, 0) is 13.0 Å². The van der Waals surface area contributed by atoms with E-state index in [4.69, 9.17) is 0 Å². The first-order valence-electron chi connectivity index (χ1n) is 11.1. The Morgan fingerprint density at radius 2 is 1.62 bits per heavy atom. The zero-order chi connectivity index (χ0) is 22.5. The number of fused-ring (bicyclic) bond motifs is 1. The first-order chi connectivity index (χ1) is 15.5. The van der Waals surface area contributed by atoms with Gasteiger partial charge in [0.05, 0.1) is 0 Å². The number of nitrogens with zero attached hydrogens (tertiary/aromatic N) is 1. The van der Waals surface area contributed by atoms with E-state index in [1.165, 1.54) is 11.1 Å². The van der Waals surface area contributed by atoms with Gasteiger partial charge in [-0.15, -0.1) is 0 Å². The number of nitrogens with one attached hydrogen (secondary N) is 2. The van der Waals surface area contributed by atoms with Gasteiger partial charge in [0.2, 0.25) is 0 Å². The lowest BCUT2D eigenvalue weighted by Crippen LogP contribution is -2.44. The Morgan fingerprint density at radius 3 is 2.41 bits per heavy atom. The Balaban J connectivity index is 1.36. The van der Waals surface area contributed by atoms with Crippen LogP contribution in [0.15, 0.2) is 72.8 Å². The molecule has 164 valence electrons. The van der Waals surface area contributed by atoms with E-state index in [0.717, 1.165) is 25.1 Å². The van der Waals surface area contributed by atoms with Gasteiger partial charge in [0, 0.05) is 42.5 Å². The number of aryl methyl sites for hydroxylation is 1. The summed E-state index contributed by atoms with van der Waals surface area (Å²) in [5.74, 6) is -0.324. The summed E-state index contributed by atoms with van der Waals surface area (Å²) < 4.78 is 0. The molecule has 5 heteroatoms. The second-order valence-electron chi connectivity index (χ2n) is 8.40. The van der Waals surface area contributed by atoms with Gasteiger partial charge in [0.15, 0.2) is 0 Å². The van der Waals surface area contributed by atoms with Crippen molar-refractivity contribution >= 4 is 17.5 Å². The molecule has 0 saturated carbocycles. The van der Waals surface area contributed by atoms with E-state index in [-0.39, 0.29) is 17.9 Å². The summed E-state index contributed by atoms with van der Waals surface area (Å²) in [5, 5.41) is 5.98. The normalized spacial score (nSPS) is 14.3. The summed E-state index contributed by atoms with van der Waals surface area (Å²) in [4.78, 5) is 27.7. The largest absolute Gasteiger partial charge is 0.350 e. The molecule has 4 rings (SSSR count). The van der Waals surface area contributed by atoms with Crippen LogP contribution in [0.4, 0.5) is 5.69 Å². The van der Waals surface area contributed by atoms with Crippen LogP contribution in [-0.4, -0.2) is 35.8 Å². The quantitative estimate of drug-likeness (QED) is 0.612. The maximum absolute atomic E-state index is 12.8. The van der Waals surface area contributed by atoms with E-state index in [2.05, 4.69) is 46.7 Å². The highest BCUT2D eigenvalue weighted by Gasteiger charge is 2.21. The number of carbonyl (C=O) groups is 2. The van der Waals surface area contributed by atoms with Crippen molar-refractivity contribution in [3.05, 3.63) is 101 Å². The van der Waals surface area contributed by atoms with Gasteiger partial charge < -0.3 is 10.6 Å². The van der Waals surface area contributed by atoms with Crippen LogP contribution < -0.4 is 10.6 Å². The lowest BCUT2D eigenvalue weighted by atomic mass is 9.99. The van der Waals surface area contributed by atoms with Crippen molar-refractivity contribution in [2.24, 2.45) is 0 Å². The van der Waals surface area contributed by atoms with E-state index in [1.54, 1.807) is 24.3 Å². The molecule has 1 aliphatic heterocycles. The van der Waals surface area contributed by atoms with E-state index in [1.807, 2.05) is 31.2 Å². The summed E-state index contributed by atoms with van der Waals surface area (Å²) in [6.45, 7) is 6.54. The van der Waals surface area contributed by atoms with Gasteiger partial charge >= 0.3 is 0 Å². The predicted molar refractivity (Wildman–Crippen MR) is 128 cm³/mol. The molecule has 32 heavy (non-hydrogen) atoms. The van der Waals surface area contributed by atoms with Crippen molar-refractivity contribution in [3.63, 3.8) is 0 Å². The van der Waals surface area contributed by atoms with Crippen molar-refractivity contribution in [1.29, 1.82) is 0 Å². The molecule has 3 aromatic rings. The summed E-state index contributed by atoms with van der Waals surface area (Å²) in [7, 11) is 0. The van der Waals surface area contributed by atoms with E-state index in [0.29, 0.717) is 23.4 Å². The third-order valence-electron chi connectivity index (χ3n) is 6.13. The van der Waals surface area contributed by atoms with Gasteiger partial charge in [-0.1, -0.05) is 48.5 Å². The fourth-order valence-electron chi connectivity index (χ4n) is 4.05. The van der Waals surface area contributed by atoms with Gasteiger partial charge in [-0.3, -0.25) is 14.5 Å². The van der Waals surface area contributed by atoms with Crippen molar-refractivity contribution in [3.8, 4) is 0 Å². The average molecular weight is 428 g/mol. The number of benzene rings is 3. The zero-order valence-electron chi connectivity index (χ0n) is 18.6. The summed E-state index contributed by atoms with van der Waals surface area (Å²) in [5.41, 5.74) is 5.46. The van der Waals surface area contributed by atoms with Gasteiger partial charge in [-0.25, -0.2) is 0 Å². The molecular formula is C27H29N3O2. The SMILES string of the molecule is Cc1ccc(C(=O)NC[C@@H](C)N2CCc3ccccc3C2)cc1NC(=O)c1ccccc1. The molecule has 1 heterocycles. The minimum atomic E-state index is -0.190. The first kappa shape index (κ1) is 21.8. The van der Waals surface area contributed by atoms with Crippen LogP contribution in [0.5, 0.6) is 0 Å². The zero-order valence-corrected chi connectivity index (χ0v) is 18.6. The maximum Gasteiger partial charge on any atom is 0.255 e. The minimum Gasteiger partial charge on any atom is -0.350 e. The smallest absolute Gasteiger partial charge is 0.255 e. The fourth-order valence-corrected chi connectivity index (χ4v) is 4.05. The fraction of sp³-hybridized carbons (Fsp3) is 0.259. The number of hydrogen-bond acceptors (Lipinski definition) is 3. The Kier molecular flexibility index (Phi) is 6.66. The number of anilines is 1. The highest BCUT2D eigenvalue weighted by atomic mass is 16.2. The molecule has 0 bridgehead atoms. The molecule has 0 unspecified atom stereocenters. The van der Waals surface area contributed by atoms with E-state index in [9.17, 15) is 9.59 Å². The van der Waals surface area contributed by atoms with Crippen LogP contribution in [0, 0.1) is 6.92 Å². The lowest BCUT2D eigenvalue weighted by Gasteiger charge is -2.33. The Morgan fingerprint density at radius 1 is 0.906 bits per heavy atom. The number of hydrogen-bond donors (Lipinski definition) is 2. The molecule has 5 nitrogen and oxygen atoms in total. The second kappa shape index (κ2) is 9.79. The van der Waals surface area contributed by atoms with Crippen molar-refractivity contribution in [2.75, 3.05) is 18.4 Å². The van der Waals surface area contributed by atoms with Crippen LogP contribution in [0.1, 0.15) is 44.3 Å². The summed E-state index contributed by atoms with van der Waals surface area (Å²) in [6, 6.07) is 23.3. The van der Waals surface area contributed by atoms with Crippen LogP contribution in [0.2, 0.25) is 0 Å². The molecule has 0 aliphatic carbocycles. The minimum absolute atomic E-state index is 0.135. The Bertz CT molecular complexity index is 1110. The highest BCUT2D eigenvalue weighted by molar-refractivity contribution is 6.05. The van der Waals surface area contributed by atoms with Crippen molar-refractivity contribution in [2.45, 2.75) is 32.9 Å². The van der Waals surface area contributed by atoms with Crippen molar-refractivity contribution in [1.82, 2.24) is 10.2 Å². The molecule has 1 atom stereocenters. The van der Waals surface area contributed by atoms with Gasteiger partial charge in [-0.2, -0.15) is 0 Å². The van der Waals surface area contributed by atoms with Gasteiger partial charge in [0.1, 0.15) is 0 Å². The Labute approximate surface area is 189 Å². The molecular weight excluding hydrogens is 398 g/mol. The molecule has 0 spiro atoms.